The van der Waals surface area contributed by atoms with Crippen molar-refractivity contribution in [1.82, 2.24) is 0 Å². The summed E-state index contributed by atoms with van der Waals surface area (Å²) in [7, 11) is 0. The molecule has 0 saturated carbocycles. The van der Waals surface area contributed by atoms with Gasteiger partial charge in [0.05, 0.1) is 0 Å². The van der Waals surface area contributed by atoms with Gasteiger partial charge in [-0.1, -0.05) is 57.8 Å². The summed E-state index contributed by atoms with van der Waals surface area (Å²) in [5, 5.41) is 5.25. The third-order valence-electron chi connectivity index (χ3n) is 5.88. The van der Waals surface area contributed by atoms with E-state index in [0.717, 1.165) is 0 Å². The fraction of sp³-hybridized carbons (Fsp3) is 0.188. The van der Waals surface area contributed by atoms with E-state index in [1.54, 1.807) is 23.3 Å². The summed E-state index contributed by atoms with van der Waals surface area (Å²) in [6.07, 6.45) is 0. The van der Waals surface area contributed by atoms with Crippen molar-refractivity contribution in [2.75, 3.05) is 0 Å². The summed E-state index contributed by atoms with van der Waals surface area (Å²) in [6.45, 7) is 13.2. The molecule has 0 fully saturated rings. The van der Waals surface area contributed by atoms with Gasteiger partial charge in [-0.25, -0.2) is 0 Å². The molecule has 2 aromatic heterocycles. The van der Waals surface area contributed by atoms with Gasteiger partial charge in [-0.15, -0.1) is 79.6 Å². The minimum atomic E-state index is 0. The second-order valence-corrected chi connectivity index (χ2v) is 23.5. The van der Waals surface area contributed by atoms with E-state index in [1.807, 2.05) is 22.7 Å². The van der Waals surface area contributed by atoms with Crippen molar-refractivity contribution in [1.29, 1.82) is 0 Å². The fourth-order valence-corrected chi connectivity index (χ4v) is 7.20. The van der Waals surface area contributed by atoms with E-state index >= 15 is 0 Å². The van der Waals surface area contributed by atoms with Crippen molar-refractivity contribution in [3.63, 3.8) is 0 Å². The number of aryl methyl sites for hydroxylation is 4. The molecule has 2 heterocycles. The molecule has 0 aliphatic carbocycles. The first-order chi connectivity index (χ1) is 18.0. The van der Waals surface area contributed by atoms with Gasteiger partial charge in [0.15, 0.2) is 0 Å². The molecule has 40 heavy (non-hydrogen) atoms. The summed E-state index contributed by atoms with van der Waals surface area (Å²) < 4.78 is 2.37. The summed E-state index contributed by atoms with van der Waals surface area (Å²) in [5.41, 5.74) is 5.45. The predicted molar refractivity (Wildman–Crippen MR) is 178 cm³/mol. The molecule has 0 spiro atoms. The van der Waals surface area contributed by atoms with Crippen LogP contribution in [0.3, 0.4) is 0 Å². The maximum Gasteiger partial charge on any atom is 0.0253 e. The molecular weight excluding hydrogens is 799 g/mol. The zero-order valence-corrected chi connectivity index (χ0v) is 33.0. The van der Waals surface area contributed by atoms with E-state index in [-0.39, 0.29) is 30.2 Å². The van der Waals surface area contributed by atoms with Crippen LogP contribution in [0.5, 0.6) is 0 Å². The van der Waals surface area contributed by atoms with Gasteiger partial charge in [-0.05, 0) is 58.2 Å². The number of benzene rings is 2. The second-order valence-electron chi connectivity index (χ2n) is 9.81. The van der Waals surface area contributed by atoms with Gasteiger partial charge in [0, 0.05) is 19.5 Å². The van der Waals surface area contributed by atoms with Crippen molar-refractivity contribution in [3.05, 3.63) is 103 Å². The first kappa shape index (κ1) is 35.9. The molecule has 8 heteroatoms. The van der Waals surface area contributed by atoms with E-state index in [1.165, 1.54) is 72.3 Å². The van der Waals surface area contributed by atoms with Crippen LogP contribution in [0.4, 0.5) is 0 Å². The zero-order valence-electron chi connectivity index (χ0n) is 23.3. The molecule has 0 bridgehead atoms. The summed E-state index contributed by atoms with van der Waals surface area (Å²) in [5.74, 6) is 0. The minimum Gasteiger partial charge on any atom is -1.00 e. The minimum absolute atomic E-state index is 0. The molecule has 0 amide bonds. The van der Waals surface area contributed by atoms with E-state index in [9.17, 15) is 0 Å². The Bertz CT molecular complexity index is 1620. The van der Waals surface area contributed by atoms with Gasteiger partial charge in [0.1, 0.15) is 0 Å². The Morgan fingerprint density at radius 3 is 1.27 bits per heavy atom. The number of thiophene rings is 2. The number of fused-ring (bicyclic) bond motifs is 2. The van der Waals surface area contributed by atoms with Crippen molar-refractivity contribution in [3.8, 4) is 20.9 Å². The molecule has 0 unspecified atom stereocenters. The van der Waals surface area contributed by atoms with Crippen LogP contribution in [0.15, 0.2) is 81.7 Å². The summed E-state index contributed by atoms with van der Waals surface area (Å²) >= 11 is 12.8. The average molecular weight is 829 g/mol. The van der Waals surface area contributed by atoms with Crippen molar-refractivity contribution in [2.45, 2.75) is 40.8 Å². The molecule has 0 atom stereocenters. The zero-order chi connectivity index (χ0) is 27.6. The molecule has 208 valence electrons. The van der Waals surface area contributed by atoms with E-state index in [2.05, 4.69) is 145 Å². The molecule has 4 aromatic carbocycles. The van der Waals surface area contributed by atoms with E-state index < -0.39 is 0 Å². The second kappa shape index (κ2) is 16.0. The van der Waals surface area contributed by atoms with Crippen LogP contribution in [0.25, 0.3) is 42.4 Å². The normalized spacial score (nSPS) is 10.2. The van der Waals surface area contributed by atoms with Crippen LogP contribution in [0.2, 0.25) is 13.1 Å². The number of hydrogen-bond donors (Lipinski definition) is 0. The first-order valence-corrected chi connectivity index (χ1v) is 21.8. The maximum atomic E-state index is 3.67. The Hall–Kier alpha value is -0.300. The van der Waals surface area contributed by atoms with Crippen LogP contribution >= 0.6 is 54.5 Å². The molecule has 0 aliphatic rings. The summed E-state index contributed by atoms with van der Waals surface area (Å²) in [4.78, 5) is 5.39. The molecule has 0 N–H and O–H groups in total. The molecule has 0 aliphatic heterocycles. The van der Waals surface area contributed by atoms with Crippen LogP contribution in [-0.2, 0) is 23.3 Å². The van der Waals surface area contributed by atoms with Crippen LogP contribution < -0.4 is 24.8 Å². The van der Waals surface area contributed by atoms with Crippen LogP contribution in [0.1, 0.15) is 20.9 Å². The SMILES string of the molecule is C[Si](C)=[Zr+2].Cc1cc2c(Br)cc(-c3ccc(C)s3)cc2[cH-]1.Cc1cc2c(Br)cc(-c3ccc(C)s3)cc2[cH-]1.[Cl-].[Cl-]. The third kappa shape index (κ3) is 9.35. The third-order valence-corrected chi connectivity index (χ3v) is 9.29. The number of rotatable bonds is 2. The Kier molecular flexibility index (Phi) is 14.3. The number of hydrogen-bond acceptors (Lipinski definition) is 2. The van der Waals surface area contributed by atoms with Gasteiger partial charge < -0.3 is 24.8 Å². The van der Waals surface area contributed by atoms with Crippen LogP contribution in [-0.4, -0.2) is 5.43 Å². The maximum absolute atomic E-state index is 3.67. The average Bonchev–Trinajstić information content (AvgIpc) is 3.60. The molecule has 0 saturated heterocycles. The first-order valence-electron chi connectivity index (χ1n) is 12.4. The molecule has 0 radical (unpaired) electrons. The van der Waals surface area contributed by atoms with E-state index in [0.29, 0.717) is 0 Å². The van der Waals surface area contributed by atoms with E-state index in [4.69, 9.17) is 0 Å². The Morgan fingerprint density at radius 1 is 0.625 bits per heavy atom. The van der Waals surface area contributed by atoms with Gasteiger partial charge in [-0.2, -0.15) is 12.1 Å². The van der Waals surface area contributed by atoms with Crippen molar-refractivity contribution in [2.24, 2.45) is 0 Å². The molecule has 6 aromatic rings. The topological polar surface area (TPSA) is 0 Å². The van der Waals surface area contributed by atoms with Crippen molar-refractivity contribution >= 4 is 81.5 Å². The predicted octanol–water partition coefficient (Wildman–Crippen LogP) is 6.13. The standard InChI is InChI=1S/2C15H12BrS.C2H6Si.2ClH.Zr/c2*1-9-5-11-7-12(8-14(16)13(11)6-9)15-4-3-10(2)17-15;1-3-2;;;/h2*3-8H,1-2H3;1-2H3;2*1H;/q2*-1;;;;+2/p-2. The Morgan fingerprint density at radius 2 is 0.975 bits per heavy atom. The largest absolute Gasteiger partial charge is 1.00 e. The molecule has 0 nitrogen and oxygen atoms in total. The molecular formula is C32H30Br2Cl2S2SiZr-2. The quantitative estimate of drug-likeness (QED) is 0.146. The Balaban J connectivity index is 0.000000237. The van der Waals surface area contributed by atoms with Gasteiger partial charge in [0.2, 0.25) is 0 Å². The van der Waals surface area contributed by atoms with Gasteiger partial charge in [-0.3, -0.25) is 0 Å². The Labute approximate surface area is 290 Å². The fourth-order valence-electron chi connectivity index (χ4n) is 4.31. The van der Waals surface area contributed by atoms with Gasteiger partial charge >= 0.3 is 41.9 Å². The van der Waals surface area contributed by atoms with Crippen molar-refractivity contribution < 1.29 is 48.1 Å². The number of halogens is 4. The summed E-state index contributed by atoms with van der Waals surface area (Å²) in [6, 6.07) is 26.7. The van der Waals surface area contributed by atoms with Crippen LogP contribution in [0, 0.1) is 27.7 Å². The molecule has 6 rings (SSSR count). The van der Waals surface area contributed by atoms with Gasteiger partial charge in [0.25, 0.3) is 0 Å². The monoisotopic (exact) mass is 824 g/mol. The smallest absolute Gasteiger partial charge is 0.0253 e.